The highest BCUT2D eigenvalue weighted by molar-refractivity contribution is 5.96. The Balaban J connectivity index is 0.00000484. The molecule has 1 amide bonds. The third kappa shape index (κ3) is 6.20. The summed E-state index contributed by atoms with van der Waals surface area (Å²) in [5.74, 6) is -0.965. The molecule has 5 nitrogen and oxygen atoms in total. The van der Waals surface area contributed by atoms with Gasteiger partial charge in [0.15, 0.2) is 0 Å². The molecule has 0 heterocycles. The number of nitrogens with zero attached hydrogens (tertiary/aromatic N) is 1. The van der Waals surface area contributed by atoms with Crippen LogP contribution in [0.15, 0.2) is 18.2 Å². The maximum Gasteiger partial charge on any atom is 0.304 e. The van der Waals surface area contributed by atoms with Crippen LogP contribution in [0.4, 0.5) is 5.69 Å². The predicted molar refractivity (Wildman–Crippen MR) is 95.4 cm³/mol. The van der Waals surface area contributed by atoms with E-state index >= 15 is 0 Å². The molecule has 0 aromatic heterocycles. The van der Waals surface area contributed by atoms with Crippen LogP contribution < -0.4 is 5.32 Å². The van der Waals surface area contributed by atoms with Crippen molar-refractivity contribution in [3.8, 4) is 0 Å². The van der Waals surface area contributed by atoms with E-state index in [1.165, 1.54) is 0 Å². The third-order valence-corrected chi connectivity index (χ3v) is 3.97. The van der Waals surface area contributed by atoms with Gasteiger partial charge >= 0.3 is 5.97 Å². The number of para-hydroxylation sites is 1. The van der Waals surface area contributed by atoms with E-state index in [0.29, 0.717) is 6.54 Å². The molecular weight excluding hydrogens is 316 g/mol. The summed E-state index contributed by atoms with van der Waals surface area (Å²) < 4.78 is 0. The number of carboxylic acids is 1. The number of carbonyl (C=O) groups excluding carboxylic acids is 1. The molecule has 1 aromatic rings. The lowest BCUT2D eigenvalue weighted by atomic mass is 10.0. The van der Waals surface area contributed by atoms with Crippen LogP contribution in [0.5, 0.6) is 0 Å². The molecule has 1 aromatic carbocycles. The van der Waals surface area contributed by atoms with Crippen molar-refractivity contribution in [1.29, 1.82) is 0 Å². The fourth-order valence-electron chi connectivity index (χ4n) is 2.30. The van der Waals surface area contributed by atoms with E-state index in [1.807, 2.05) is 18.2 Å². The molecular formula is C17H27ClN2O3. The van der Waals surface area contributed by atoms with Crippen LogP contribution in [0.25, 0.3) is 0 Å². The number of nitrogens with one attached hydrogen (secondary N) is 1. The van der Waals surface area contributed by atoms with Gasteiger partial charge in [-0.2, -0.15) is 0 Å². The molecule has 23 heavy (non-hydrogen) atoms. The van der Waals surface area contributed by atoms with Crippen molar-refractivity contribution in [2.45, 2.75) is 46.1 Å². The number of carboxylic acid groups (broad SMARTS) is 1. The van der Waals surface area contributed by atoms with Crippen LogP contribution in [0.3, 0.4) is 0 Å². The van der Waals surface area contributed by atoms with Gasteiger partial charge in [-0.15, -0.1) is 12.4 Å². The van der Waals surface area contributed by atoms with Gasteiger partial charge in [-0.3, -0.25) is 14.5 Å². The number of anilines is 1. The Morgan fingerprint density at radius 3 is 2.17 bits per heavy atom. The first-order chi connectivity index (χ1) is 10.4. The van der Waals surface area contributed by atoms with Crippen molar-refractivity contribution in [2.75, 3.05) is 18.9 Å². The Kier molecular flexibility index (Phi) is 9.53. The summed E-state index contributed by atoms with van der Waals surface area (Å²) in [6.07, 6.45) is 1.74. The standard InChI is InChI=1S/C17H26N2O3.ClH/c1-5-13-8-7-9-14(6-2)16(13)18-17(22)12(3)19(4)11-10-15(20)21;/h7-9,12H,5-6,10-11H2,1-4H3,(H,18,22)(H,20,21);1H. The summed E-state index contributed by atoms with van der Waals surface area (Å²) in [6.45, 7) is 6.26. The zero-order valence-corrected chi connectivity index (χ0v) is 15.1. The van der Waals surface area contributed by atoms with E-state index in [4.69, 9.17) is 5.11 Å². The highest BCUT2D eigenvalue weighted by Crippen LogP contribution is 2.23. The summed E-state index contributed by atoms with van der Waals surface area (Å²) in [4.78, 5) is 24.8. The Hall–Kier alpha value is -1.59. The predicted octanol–water partition coefficient (Wildman–Crippen LogP) is 2.97. The number of rotatable bonds is 8. The van der Waals surface area contributed by atoms with Gasteiger partial charge in [-0.05, 0) is 37.9 Å². The SMILES string of the molecule is CCc1cccc(CC)c1NC(=O)C(C)N(C)CCC(=O)O.Cl. The summed E-state index contributed by atoms with van der Waals surface area (Å²) in [6, 6.07) is 5.67. The van der Waals surface area contributed by atoms with Crippen LogP contribution in [-0.2, 0) is 22.4 Å². The number of hydrogen-bond donors (Lipinski definition) is 2. The molecule has 0 saturated heterocycles. The average molecular weight is 343 g/mol. The largest absolute Gasteiger partial charge is 0.481 e. The minimum Gasteiger partial charge on any atom is -0.481 e. The Bertz CT molecular complexity index is 512. The number of halogens is 1. The van der Waals surface area contributed by atoms with Crippen LogP contribution in [0.2, 0.25) is 0 Å². The second kappa shape index (κ2) is 10.2. The first-order valence-electron chi connectivity index (χ1n) is 7.74. The molecule has 0 spiro atoms. The minimum absolute atomic E-state index is 0. The van der Waals surface area contributed by atoms with E-state index in [0.717, 1.165) is 29.7 Å². The second-order valence-electron chi connectivity index (χ2n) is 5.45. The van der Waals surface area contributed by atoms with E-state index in [1.54, 1.807) is 18.9 Å². The zero-order valence-electron chi connectivity index (χ0n) is 14.3. The quantitative estimate of drug-likeness (QED) is 0.762. The summed E-state index contributed by atoms with van der Waals surface area (Å²) in [7, 11) is 1.76. The molecule has 0 aliphatic rings. The minimum atomic E-state index is -0.857. The fourth-order valence-corrected chi connectivity index (χ4v) is 2.30. The Morgan fingerprint density at radius 1 is 1.22 bits per heavy atom. The van der Waals surface area contributed by atoms with Crippen LogP contribution >= 0.6 is 12.4 Å². The molecule has 0 fully saturated rings. The lowest BCUT2D eigenvalue weighted by molar-refractivity contribution is -0.137. The Labute approximate surface area is 144 Å². The highest BCUT2D eigenvalue weighted by Gasteiger charge is 2.20. The fraction of sp³-hybridized carbons (Fsp3) is 0.529. The van der Waals surface area contributed by atoms with Gasteiger partial charge in [0.1, 0.15) is 0 Å². The van der Waals surface area contributed by atoms with Crippen molar-refractivity contribution in [1.82, 2.24) is 4.90 Å². The van der Waals surface area contributed by atoms with E-state index in [2.05, 4.69) is 19.2 Å². The molecule has 0 bridgehead atoms. The first-order valence-corrected chi connectivity index (χ1v) is 7.74. The van der Waals surface area contributed by atoms with Gasteiger partial charge in [0.05, 0.1) is 12.5 Å². The Morgan fingerprint density at radius 2 is 1.74 bits per heavy atom. The lowest BCUT2D eigenvalue weighted by Crippen LogP contribution is -2.40. The van der Waals surface area contributed by atoms with Crippen molar-refractivity contribution in [3.63, 3.8) is 0 Å². The molecule has 2 N–H and O–H groups in total. The van der Waals surface area contributed by atoms with E-state index < -0.39 is 5.97 Å². The maximum atomic E-state index is 12.4. The van der Waals surface area contributed by atoms with Crippen LogP contribution in [-0.4, -0.2) is 41.5 Å². The summed E-state index contributed by atoms with van der Waals surface area (Å²) in [5.41, 5.74) is 3.14. The van der Waals surface area contributed by atoms with Crippen molar-refractivity contribution in [3.05, 3.63) is 29.3 Å². The van der Waals surface area contributed by atoms with Gasteiger partial charge < -0.3 is 10.4 Å². The van der Waals surface area contributed by atoms with Gasteiger partial charge in [0.25, 0.3) is 0 Å². The normalized spacial score (nSPS) is 11.7. The smallest absolute Gasteiger partial charge is 0.304 e. The molecule has 0 radical (unpaired) electrons. The maximum absolute atomic E-state index is 12.4. The number of likely N-dealkylation sites (N-methyl/N-ethyl adjacent to an activating group) is 1. The topological polar surface area (TPSA) is 69.6 Å². The number of carbonyl (C=O) groups is 2. The summed E-state index contributed by atoms with van der Waals surface area (Å²) >= 11 is 0. The number of amides is 1. The van der Waals surface area contributed by atoms with Crippen LogP contribution in [0.1, 0.15) is 38.3 Å². The van der Waals surface area contributed by atoms with Crippen molar-refractivity contribution >= 4 is 30.0 Å². The third-order valence-electron chi connectivity index (χ3n) is 3.97. The van der Waals surface area contributed by atoms with Crippen LogP contribution in [0, 0.1) is 0 Å². The highest BCUT2D eigenvalue weighted by atomic mass is 35.5. The lowest BCUT2D eigenvalue weighted by Gasteiger charge is -2.24. The van der Waals surface area contributed by atoms with Gasteiger partial charge in [-0.25, -0.2) is 0 Å². The molecule has 0 aliphatic heterocycles. The van der Waals surface area contributed by atoms with Gasteiger partial charge in [0.2, 0.25) is 5.91 Å². The number of benzene rings is 1. The first kappa shape index (κ1) is 21.4. The van der Waals surface area contributed by atoms with Gasteiger partial charge in [-0.1, -0.05) is 32.0 Å². The average Bonchev–Trinajstić information content (AvgIpc) is 2.51. The number of aryl methyl sites for hydroxylation is 2. The van der Waals surface area contributed by atoms with Crippen molar-refractivity contribution in [2.24, 2.45) is 0 Å². The number of hydrogen-bond acceptors (Lipinski definition) is 3. The summed E-state index contributed by atoms with van der Waals surface area (Å²) in [5, 5.41) is 11.7. The zero-order chi connectivity index (χ0) is 16.7. The second-order valence-corrected chi connectivity index (χ2v) is 5.45. The monoisotopic (exact) mass is 342 g/mol. The van der Waals surface area contributed by atoms with Crippen molar-refractivity contribution < 1.29 is 14.7 Å². The molecule has 0 saturated carbocycles. The van der Waals surface area contributed by atoms with E-state index in [9.17, 15) is 9.59 Å². The molecule has 1 unspecified atom stereocenters. The molecule has 0 aliphatic carbocycles. The van der Waals surface area contributed by atoms with E-state index in [-0.39, 0.29) is 30.8 Å². The molecule has 1 rings (SSSR count). The molecule has 130 valence electrons. The molecule has 6 heteroatoms. The van der Waals surface area contributed by atoms with Gasteiger partial charge in [0, 0.05) is 12.2 Å². The number of aliphatic carboxylic acids is 1. The molecule has 1 atom stereocenters.